The smallest absolute Gasteiger partial charge is 0.247 e. The highest BCUT2D eigenvalue weighted by Crippen LogP contribution is 2.68. The number of hydrogen-bond acceptors (Lipinski definition) is 5. The van der Waals surface area contributed by atoms with Crippen molar-refractivity contribution >= 4 is 45.4 Å². The second kappa shape index (κ2) is 14.4. The number of benzene rings is 1. The van der Waals surface area contributed by atoms with Gasteiger partial charge in [0.25, 0.3) is 0 Å². The monoisotopic (exact) mass is 645 g/mol. The van der Waals surface area contributed by atoms with E-state index in [2.05, 4.69) is 36.0 Å². The number of unbranched alkanes of at least 4 members (excludes halogenated alkanes) is 3. The molecule has 6 atom stereocenters. The molecule has 3 aliphatic heterocycles. The molecule has 1 aromatic carbocycles. The highest BCUT2D eigenvalue weighted by atomic mass is 79.9. The van der Waals surface area contributed by atoms with Crippen molar-refractivity contribution in [3.63, 3.8) is 0 Å². The maximum atomic E-state index is 14.4. The van der Waals surface area contributed by atoms with Crippen molar-refractivity contribution in [1.82, 2.24) is 14.7 Å². The van der Waals surface area contributed by atoms with Crippen LogP contribution in [0.2, 0.25) is 0 Å². The Morgan fingerprint density at radius 3 is 2.46 bits per heavy atom. The van der Waals surface area contributed by atoms with Crippen LogP contribution in [0, 0.1) is 11.8 Å². The fraction of sp³-hybridized carbons (Fsp3) is 0.594. The lowest BCUT2D eigenvalue weighted by Crippen LogP contribution is -2.56. The second-order valence-corrected chi connectivity index (χ2v) is 14.1. The number of thioether (sulfide) groups is 1. The van der Waals surface area contributed by atoms with Gasteiger partial charge in [0.15, 0.2) is 0 Å². The predicted molar refractivity (Wildman–Crippen MR) is 169 cm³/mol. The van der Waals surface area contributed by atoms with Gasteiger partial charge in [-0.3, -0.25) is 14.4 Å². The molecular weight excluding hydrogens is 602 g/mol. The summed E-state index contributed by atoms with van der Waals surface area (Å²) in [5.41, 5.74) is 1.02. The SMILES string of the molecule is C=CCN(CCCCC)C(=O)C1N(CCCCO)C(=O)[C@@H]2[C@@H](C(=O)N(CC=C)Cc3ccccc3)[C@@H]3SC12CC3Br. The number of halogens is 1. The van der Waals surface area contributed by atoms with Crippen LogP contribution in [0.5, 0.6) is 0 Å². The number of carbonyl (C=O) groups is 3. The van der Waals surface area contributed by atoms with Crippen LogP contribution in [0.3, 0.4) is 0 Å². The van der Waals surface area contributed by atoms with E-state index in [-0.39, 0.29) is 34.4 Å². The molecule has 1 aromatic rings. The first-order chi connectivity index (χ1) is 19.8. The molecule has 2 bridgehead atoms. The van der Waals surface area contributed by atoms with Crippen LogP contribution >= 0.6 is 27.7 Å². The van der Waals surface area contributed by atoms with Gasteiger partial charge in [0.2, 0.25) is 17.7 Å². The van der Waals surface area contributed by atoms with Crippen molar-refractivity contribution < 1.29 is 19.5 Å². The number of aliphatic hydroxyl groups is 1. The summed E-state index contributed by atoms with van der Waals surface area (Å²) in [7, 11) is 0. The lowest BCUT2D eigenvalue weighted by atomic mass is 9.70. The van der Waals surface area contributed by atoms with Crippen molar-refractivity contribution in [1.29, 1.82) is 0 Å². The quantitative estimate of drug-likeness (QED) is 0.161. The largest absolute Gasteiger partial charge is 0.396 e. The molecule has 0 aliphatic carbocycles. The van der Waals surface area contributed by atoms with E-state index in [1.54, 1.807) is 33.7 Å². The molecule has 4 rings (SSSR count). The number of fused-ring (bicyclic) bond motifs is 1. The van der Waals surface area contributed by atoms with E-state index >= 15 is 0 Å². The summed E-state index contributed by atoms with van der Waals surface area (Å²) in [5.74, 6) is -1.29. The molecule has 3 saturated heterocycles. The number of carbonyl (C=O) groups excluding carboxylic acids is 3. The third-order valence-electron chi connectivity index (χ3n) is 8.69. The minimum absolute atomic E-state index is 0.0217. The molecule has 9 heteroatoms. The fourth-order valence-electron chi connectivity index (χ4n) is 6.90. The van der Waals surface area contributed by atoms with Gasteiger partial charge in [0.1, 0.15) is 6.04 Å². The second-order valence-electron chi connectivity index (χ2n) is 11.4. The van der Waals surface area contributed by atoms with Crippen LogP contribution in [0.1, 0.15) is 51.0 Å². The van der Waals surface area contributed by atoms with E-state index < -0.39 is 22.6 Å². The number of hydrogen-bond donors (Lipinski definition) is 1. The average molecular weight is 647 g/mol. The van der Waals surface area contributed by atoms with Crippen molar-refractivity contribution in [2.45, 2.75) is 72.9 Å². The molecule has 7 nitrogen and oxygen atoms in total. The molecular formula is C32H44BrN3O4S. The molecule has 1 spiro atoms. The zero-order chi connectivity index (χ0) is 29.6. The summed E-state index contributed by atoms with van der Waals surface area (Å²) >= 11 is 5.55. The Bertz CT molecular complexity index is 1100. The normalized spacial score (nSPS) is 28.0. The summed E-state index contributed by atoms with van der Waals surface area (Å²) in [5, 5.41) is 9.35. The van der Waals surface area contributed by atoms with Crippen molar-refractivity contribution in [2.75, 3.05) is 32.8 Å². The van der Waals surface area contributed by atoms with Crippen LogP contribution in [-0.2, 0) is 20.9 Å². The minimum atomic E-state index is -0.677. The van der Waals surface area contributed by atoms with Crippen LogP contribution < -0.4 is 0 Å². The summed E-state index contributed by atoms with van der Waals surface area (Å²) in [6.07, 6.45) is 8.27. The Hall–Kier alpha value is -2.10. The van der Waals surface area contributed by atoms with Gasteiger partial charge >= 0.3 is 0 Å². The summed E-state index contributed by atoms with van der Waals surface area (Å²) in [6.45, 7) is 12.2. The van der Waals surface area contributed by atoms with Crippen LogP contribution in [-0.4, -0.2) is 91.2 Å². The van der Waals surface area contributed by atoms with Gasteiger partial charge in [0, 0.05) is 49.4 Å². The van der Waals surface area contributed by atoms with E-state index in [0.29, 0.717) is 52.0 Å². The third-order valence-corrected chi connectivity index (χ3v) is 11.9. The summed E-state index contributed by atoms with van der Waals surface area (Å²) < 4.78 is -0.677. The molecule has 3 aliphatic rings. The molecule has 1 N–H and O–H groups in total. The van der Waals surface area contributed by atoms with Crippen LogP contribution in [0.15, 0.2) is 55.6 Å². The van der Waals surface area contributed by atoms with Gasteiger partial charge in [0.05, 0.1) is 16.6 Å². The maximum absolute atomic E-state index is 14.4. The standard InChI is InChI=1S/C32H44BrN3O4S/c1-4-7-11-18-34(16-5-2)31(40)28-32-21-24(33)27(41-32)25(26(32)30(39)36(28)19-12-13-20-37)29(38)35(17-6-3)22-23-14-9-8-10-15-23/h5-6,8-10,14-15,24-28,37H,2-4,7,11-13,16-22H2,1H3/t24?,25-,26+,27-,28?,32?/m1/s1. The number of rotatable bonds is 16. The van der Waals surface area contributed by atoms with Crippen molar-refractivity contribution in [3.8, 4) is 0 Å². The molecule has 3 amide bonds. The Morgan fingerprint density at radius 1 is 1.10 bits per heavy atom. The highest BCUT2D eigenvalue weighted by Gasteiger charge is 2.75. The van der Waals surface area contributed by atoms with Gasteiger partial charge in [-0.15, -0.1) is 24.9 Å². The first kappa shape index (κ1) is 31.8. The molecule has 0 saturated carbocycles. The van der Waals surface area contributed by atoms with Gasteiger partial charge in [-0.2, -0.15) is 0 Å². The molecule has 3 unspecified atom stereocenters. The average Bonchev–Trinajstić information content (AvgIpc) is 3.56. The van der Waals surface area contributed by atoms with Crippen molar-refractivity contribution in [3.05, 3.63) is 61.2 Å². The summed E-state index contributed by atoms with van der Waals surface area (Å²) in [4.78, 5) is 48.5. The van der Waals surface area contributed by atoms with E-state index in [1.165, 1.54) is 0 Å². The number of likely N-dealkylation sites (tertiary alicyclic amines) is 1. The number of alkyl halides is 1. The molecule has 41 heavy (non-hydrogen) atoms. The molecule has 224 valence electrons. The first-order valence-electron chi connectivity index (χ1n) is 14.9. The van der Waals surface area contributed by atoms with E-state index in [9.17, 15) is 19.5 Å². The van der Waals surface area contributed by atoms with Gasteiger partial charge in [-0.25, -0.2) is 0 Å². The highest BCUT2D eigenvalue weighted by molar-refractivity contribution is 9.09. The Morgan fingerprint density at radius 2 is 1.80 bits per heavy atom. The number of aliphatic hydroxyl groups excluding tert-OH is 1. The van der Waals surface area contributed by atoms with Gasteiger partial charge in [-0.1, -0.05) is 78.2 Å². The maximum Gasteiger partial charge on any atom is 0.247 e. The Labute approximate surface area is 257 Å². The molecule has 0 aromatic heterocycles. The zero-order valence-corrected chi connectivity index (χ0v) is 26.5. The van der Waals surface area contributed by atoms with E-state index in [1.807, 2.05) is 35.2 Å². The lowest BCUT2D eigenvalue weighted by Gasteiger charge is -2.38. The Kier molecular flexibility index (Phi) is 11.2. The number of nitrogens with zero attached hydrogens (tertiary/aromatic N) is 3. The number of amides is 3. The van der Waals surface area contributed by atoms with Gasteiger partial charge in [-0.05, 0) is 31.2 Å². The Balaban J connectivity index is 1.70. The third kappa shape index (κ3) is 6.32. The van der Waals surface area contributed by atoms with E-state index in [0.717, 1.165) is 24.8 Å². The summed E-state index contributed by atoms with van der Waals surface area (Å²) in [6, 6.07) is 9.22. The minimum Gasteiger partial charge on any atom is -0.396 e. The topological polar surface area (TPSA) is 81.2 Å². The zero-order valence-electron chi connectivity index (χ0n) is 24.1. The van der Waals surface area contributed by atoms with Gasteiger partial charge < -0.3 is 19.8 Å². The lowest BCUT2D eigenvalue weighted by molar-refractivity contribution is -0.145. The molecule has 3 fully saturated rings. The van der Waals surface area contributed by atoms with Crippen LogP contribution in [0.25, 0.3) is 0 Å². The fourth-order valence-corrected chi connectivity index (χ4v) is 10.5. The van der Waals surface area contributed by atoms with Crippen LogP contribution in [0.4, 0.5) is 0 Å². The first-order valence-corrected chi connectivity index (χ1v) is 16.7. The molecule has 0 radical (unpaired) electrons. The van der Waals surface area contributed by atoms with E-state index in [4.69, 9.17) is 0 Å². The molecule has 3 heterocycles. The predicted octanol–water partition coefficient (Wildman–Crippen LogP) is 4.64. The van der Waals surface area contributed by atoms with Crippen molar-refractivity contribution in [2.24, 2.45) is 11.8 Å².